The number of hydrogen-bond donors (Lipinski definition) is 2. The Labute approximate surface area is 106 Å². The van der Waals surface area contributed by atoms with Crippen LogP contribution in [-0.4, -0.2) is 28.8 Å². The van der Waals surface area contributed by atoms with E-state index in [1.54, 1.807) is 0 Å². The van der Waals surface area contributed by atoms with Crippen molar-refractivity contribution in [3.63, 3.8) is 0 Å². The molecule has 0 spiro atoms. The third-order valence-electron chi connectivity index (χ3n) is 2.65. The second-order valence-corrected chi connectivity index (χ2v) is 3.89. The molecule has 1 heterocycles. The maximum Gasteiger partial charge on any atom is 0.401 e. The number of carbonyl (C=O) groups is 1. The maximum absolute atomic E-state index is 12.7. The van der Waals surface area contributed by atoms with E-state index in [9.17, 15) is 27.5 Å². The summed E-state index contributed by atoms with van der Waals surface area (Å²) in [4.78, 5) is 14.8. The van der Waals surface area contributed by atoms with Crippen LogP contribution in [0.1, 0.15) is 19.0 Å². The number of nitrogens with one attached hydrogen (secondary N) is 1. The van der Waals surface area contributed by atoms with Crippen LogP contribution < -0.4 is 5.32 Å². The van der Waals surface area contributed by atoms with E-state index in [2.05, 4.69) is 4.98 Å². The Balaban J connectivity index is 3.12. The van der Waals surface area contributed by atoms with Crippen LogP contribution in [0.25, 0.3) is 0 Å². The van der Waals surface area contributed by atoms with E-state index in [0.717, 1.165) is 18.3 Å². The van der Waals surface area contributed by atoms with Crippen molar-refractivity contribution in [1.29, 1.82) is 0 Å². The summed E-state index contributed by atoms with van der Waals surface area (Å²) in [5, 5.41) is 11.1. The largest absolute Gasteiger partial charge is 0.480 e. The summed E-state index contributed by atoms with van der Waals surface area (Å²) in [5.41, 5.74) is -2.17. The van der Waals surface area contributed by atoms with Crippen LogP contribution in [0.2, 0.25) is 0 Å². The zero-order valence-corrected chi connectivity index (χ0v) is 9.96. The highest BCUT2D eigenvalue weighted by molar-refractivity contribution is 5.80. The number of alkyl halides is 3. The second kappa shape index (κ2) is 5.52. The molecule has 2 N–H and O–H groups in total. The van der Waals surface area contributed by atoms with E-state index >= 15 is 0 Å². The number of carboxylic acids is 1. The summed E-state index contributed by atoms with van der Waals surface area (Å²) in [6, 6.07) is 2.00. The molecule has 0 aliphatic heterocycles. The maximum atomic E-state index is 12.7. The Kier molecular flexibility index (Phi) is 4.46. The first kappa shape index (κ1) is 15.4. The van der Waals surface area contributed by atoms with Gasteiger partial charge in [-0.2, -0.15) is 13.2 Å². The van der Waals surface area contributed by atoms with Gasteiger partial charge in [-0.05, 0) is 18.6 Å². The zero-order valence-electron chi connectivity index (χ0n) is 9.96. The third kappa shape index (κ3) is 3.63. The monoisotopic (exact) mass is 280 g/mol. The minimum Gasteiger partial charge on any atom is -0.480 e. The first-order valence-corrected chi connectivity index (χ1v) is 5.38. The van der Waals surface area contributed by atoms with Crippen LogP contribution in [0, 0.1) is 5.82 Å². The van der Waals surface area contributed by atoms with Gasteiger partial charge in [0.2, 0.25) is 0 Å². The molecule has 0 aromatic carbocycles. The van der Waals surface area contributed by atoms with E-state index in [-0.39, 0.29) is 12.1 Å². The molecule has 0 aliphatic carbocycles. The fraction of sp³-hybridized carbons (Fsp3) is 0.455. The summed E-state index contributed by atoms with van der Waals surface area (Å²) < 4.78 is 49.4. The zero-order chi connectivity index (χ0) is 14.7. The van der Waals surface area contributed by atoms with Gasteiger partial charge in [-0.25, -0.2) is 9.18 Å². The fourth-order valence-corrected chi connectivity index (χ4v) is 1.61. The lowest BCUT2D eigenvalue weighted by Gasteiger charge is -2.29. The topological polar surface area (TPSA) is 62.2 Å². The smallest absolute Gasteiger partial charge is 0.401 e. The number of aliphatic carboxylic acids is 1. The number of nitrogens with zero attached hydrogens (tertiary/aromatic N) is 1. The molecule has 0 bridgehead atoms. The number of carboxylic acid groups (broad SMARTS) is 1. The van der Waals surface area contributed by atoms with Crippen molar-refractivity contribution < 1.29 is 27.5 Å². The number of halogens is 4. The molecule has 8 heteroatoms. The van der Waals surface area contributed by atoms with Crippen molar-refractivity contribution in [2.75, 3.05) is 6.54 Å². The average Bonchev–Trinajstić information content (AvgIpc) is 2.30. The summed E-state index contributed by atoms with van der Waals surface area (Å²) in [7, 11) is 0. The standard InChI is InChI=1S/C11H12F4N2O2/c1-2-10(9(18)19,17-6-11(13,14)15)8-4-3-7(12)5-16-8/h3-5,17H,2,6H2,1H3,(H,18,19). The molecule has 1 aromatic rings. The first-order valence-electron chi connectivity index (χ1n) is 5.38. The quantitative estimate of drug-likeness (QED) is 0.810. The Bertz CT molecular complexity index is 447. The second-order valence-electron chi connectivity index (χ2n) is 3.89. The minimum atomic E-state index is -4.56. The predicted octanol–water partition coefficient (Wildman–Crippen LogP) is 2.06. The molecule has 0 radical (unpaired) electrons. The van der Waals surface area contributed by atoms with Crippen LogP contribution >= 0.6 is 0 Å². The molecule has 0 aliphatic rings. The Morgan fingerprint density at radius 2 is 2.05 bits per heavy atom. The van der Waals surface area contributed by atoms with Crippen molar-refractivity contribution in [1.82, 2.24) is 10.3 Å². The van der Waals surface area contributed by atoms with Crippen molar-refractivity contribution >= 4 is 5.97 Å². The number of hydrogen-bond acceptors (Lipinski definition) is 3. The van der Waals surface area contributed by atoms with Gasteiger partial charge >= 0.3 is 12.1 Å². The SMILES string of the molecule is CCC(NCC(F)(F)F)(C(=O)O)c1ccc(F)cn1. The van der Waals surface area contributed by atoms with Crippen LogP contribution in [0.3, 0.4) is 0 Å². The number of rotatable bonds is 5. The van der Waals surface area contributed by atoms with E-state index in [0.29, 0.717) is 0 Å². The molecule has 4 nitrogen and oxygen atoms in total. The van der Waals surface area contributed by atoms with E-state index in [4.69, 9.17) is 0 Å². The van der Waals surface area contributed by atoms with Crippen molar-refractivity contribution in [2.24, 2.45) is 0 Å². The minimum absolute atomic E-state index is 0.170. The normalized spacial score (nSPS) is 15.0. The van der Waals surface area contributed by atoms with Gasteiger partial charge in [-0.3, -0.25) is 10.3 Å². The molecule has 1 unspecified atom stereocenters. The van der Waals surface area contributed by atoms with Gasteiger partial charge < -0.3 is 5.11 Å². The van der Waals surface area contributed by atoms with Crippen molar-refractivity contribution in [3.05, 3.63) is 29.8 Å². The summed E-state index contributed by atoms with van der Waals surface area (Å²) >= 11 is 0. The molecule has 0 saturated heterocycles. The number of aromatic nitrogens is 1. The lowest BCUT2D eigenvalue weighted by Crippen LogP contribution is -2.52. The highest BCUT2D eigenvalue weighted by atomic mass is 19.4. The molecule has 0 saturated carbocycles. The molecule has 0 fully saturated rings. The van der Waals surface area contributed by atoms with E-state index < -0.39 is 30.0 Å². The van der Waals surface area contributed by atoms with Crippen LogP contribution in [0.5, 0.6) is 0 Å². The summed E-state index contributed by atoms with van der Waals surface area (Å²) in [6.45, 7) is -0.0747. The number of pyridine rings is 1. The average molecular weight is 280 g/mol. The Morgan fingerprint density at radius 1 is 1.42 bits per heavy atom. The van der Waals surface area contributed by atoms with Gasteiger partial charge in [-0.1, -0.05) is 6.92 Å². The third-order valence-corrected chi connectivity index (χ3v) is 2.65. The molecule has 1 atom stereocenters. The van der Waals surface area contributed by atoms with Gasteiger partial charge in [0.05, 0.1) is 18.4 Å². The highest BCUT2D eigenvalue weighted by Gasteiger charge is 2.43. The van der Waals surface area contributed by atoms with Gasteiger partial charge in [0.1, 0.15) is 5.82 Å². The lowest BCUT2D eigenvalue weighted by atomic mass is 9.91. The molecule has 19 heavy (non-hydrogen) atoms. The van der Waals surface area contributed by atoms with Crippen LogP contribution in [0.4, 0.5) is 17.6 Å². The van der Waals surface area contributed by atoms with E-state index in [1.165, 1.54) is 6.92 Å². The molecular formula is C11H12F4N2O2. The van der Waals surface area contributed by atoms with Crippen molar-refractivity contribution in [2.45, 2.75) is 25.1 Å². The van der Waals surface area contributed by atoms with Gasteiger partial charge in [0.25, 0.3) is 0 Å². The lowest BCUT2D eigenvalue weighted by molar-refractivity contribution is -0.151. The molecule has 1 aromatic heterocycles. The first-order chi connectivity index (χ1) is 8.71. The van der Waals surface area contributed by atoms with Crippen LogP contribution in [0.15, 0.2) is 18.3 Å². The molecule has 106 valence electrons. The van der Waals surface area contributed by atoms with Gasteiger partial charge in [0, 0.05) is 0 Å². The summed E-state index contributed by atoms with van der Waals surface area (Å²) in [6.07, 6.45) is -3.97. The summed E-state index contributed by atoms with van der Waals surface area (Å²) in [5.74, 6) is -2.20. The van der Waals surface area contributed by atoms with Gasteiger partial charge in [0.15, 0.2) is 5.54 Å². The Hall–Kier alpha value is -1.70. The Morgan fingerprint density at radius 3 is 2.42 bits per heavy atom. The highest BCUT2D eigenvalue weighted by Crippen LogP contribution is 2.26. The fourth-order valence-electron chi connectivity index (χ4n) is 1.61. The van der Waals surface area contributed by atoms with Gasteiger partial charge in [-0.15, -0.1) is 0 Å². The molecular weight excluding hydrogens is 268 g/mol. The predicted molar refractivity (Wildman–Crippen MR) is 57.9 cm³/mol. The van der Waals surface area contributed by atoms with Crippen LogP contribution in [-0.2, 0) is 10.3 Å². The molecule has 0 amide bonds. The molecule has 1 rings (SSSR count). The van der Waals surface area contributed by atoms with Crippen molar-refractivity contribution in [3.8, 4) is 0 Å². The van der Waals surface area contributed by atoms with E-state index in [1.807, 2.05) is 5.32 Å².